The van der Waals surface area contributed by atoms with Gasteiger partial charge in [-0.05, 0) is 47.0 Å². The number of sulfone groups is 1. The molecule has 0 bridgehead atoms. The molecule has 0 unspecified atom stereocenters. The van der Waals surface area contributed by atoms with Gasteiger partial charge in [-0.2, -0.15) is 13.2 Å². The Balaban J connectivity index is 2.25. The van der Waals surface area contributed by atoms with Gasteiger partial charge in [-0.1, -0.05) is 41.5 Å². The zero-order valence-corrected chi connectivity index (χ0v) is 23.9. The molecule has 0 radical (unpaired) electrons. The third-order valence-electron chi connectivity index (χ3n) is 6.54. The minimum atomic E-state index is -4.63. The van der Waals surface area contributed by atoms with E-state index in [2.05, 4.69) is 4.98 Å². The third kappa shape index (κ3) is 6.25. The van der Waals surface area contributed by atoms with Crippen molar-refractivity contribution in [3.8, 4) is 0 Å². The Morgan fingerprint density at radius 2 is 1.50 bits per heavy atom. The first kappa shape index (κ1) is 31.4. The minimum absolute atomic E-state index is 0.189. The molecule has 0 aliphatic carbocycles. The zero-order valence-electron chi connectivity index (χ0n) is 22.0. The number of aromatic nitrogens is 1. The van der Waals surface area contributed by atoms with E-state index in [9.17, 15) is 31.2 Å². The summed E-state index contributed by atoms with van der Waals surface area (Å²) in [5.41, 5.74) is 4.57. The van der Waals surface area contributed by atoms with Crippen LogP contribution in [0.2, 0.25) is 16.6 Å². The normalized spacial score (nSPS) is 12.9. The van der Waals surface area contributed by atoms with Crippen LogP contribution in [0.25, 0.3) is 0 Å². The summed E-state index contributed by atoms with van der Waals surface area (Å²) in [7, 11) is -6.72. The molecule has 1 aromatic heterocycles. The van der Waals surface area contributed by atoms with Crippen LogP contribution >= 0.6 is 0 Å². The molecule has 1 heterocycles. The van der Waals surface area contributed by atoms with E-state index in [1.807, 2.05) is 41.5 Å². The van der Waals surface area contributed by atoms with E-state index >= 15 is 0 Å². The molecule has 2 aromatic rings. The minimum Gasteiger partial charge on any atom is -0.407 e. The van der Waals surface area contributed by atoms with E-state index in [-0.39, 0.29) is 22.3 Å². The van der Waals surface area contributed by atoms with E-state index in [0.29, 0.717) is 17.1 Å². The smallest absolute Gasteiger partial charge is 0.407 e. The molecule has 0 aliphatic rings. The number of carbonyl (C=O) groups excluding carboxylic acids is 2. The van der Waals surface area contributed by atoms with Crippen LogP contribution in [0.4, 0.5) is 18.9 Å². The number of anilines is 1. The van der Waals surface area contributed by atoms with Gasteiger partial charge in [0.1, 0.15) is 6.61 Å². The van der Waals surface area contributed by atoms with Crippen LogP contribution < -0.4 is 11.6 Å². The fourth-order valence-electron chi connectivity index (χ4n) is 4.73. The molecule has 0 atom stereocenters. The van der Waals surface area contributed by atoms with Gasteiger partial charge < -0.3 is 10.2 Å². The molecule has 9 nitrogen and oxygen atoms in total. The second kappa shape index (κ2) is 11.5. The molecular weight excluding hydrogens is 541 g/mol. The van der Waals surface area contributed by atoms with E-state index in [0.717, 1.165) is 24.4 Å². The maximum absolute atomic E-state index is 12.9. The van der Waals surface area contributed by atoms with Crippen LogP contribution in [0.15, 0.2) is 46.3 Å². The maximum Gasteiger partial charge on any atom is 0.416 e. The monoisotopic (exact) mass is 574 g/mol. The number of nitrogens with two attached hydrogens (primary N) is 2. The number of nitrogens with zero attached hydrogens (tertiary/aromatic N) is 2. The summed E-state index contributed by atoms with van der Waals surface area (Å²) in [4.78, 5) is 28.5. The number of halogens is 3. The van der Waals surface area contributed by atoms with Gasteiger partial charge >= 0.3 is 6.18 Å². The summed E-state index contributed by atoms with van der Waals surface area (Å²) >= 11 is 0. The second-order valence-electron chi connectivity index (χ2n) is 9.81. The topological polar surface area (TPSA) is 146 Å². The number of amides is 2. The summed E-state index contributed by atoms with van der Waals surface area (Å²) in [6.45, 7) is 11.8. The number of hydrogen-bond donors (Lipinski definition) is 2. The highest BCUT2D eigenvalue weighted by molar-refractivity contribution is 7.91. The van der Waals surface area contributed by atoms with Crippen molar-refractivity contribution in [1.29, 1.82) is 0 Å². The summed E-state index contributed by atoms with van der Waals surface area (Å²) in [5.74, 6) is 3.86. The van der Waals surface area contributed by atoms with Gasteiger partial charge in [0.05, 0.1) is 21.0 Å². The molecule has 38 heavy (non-hydrogen) atoms. The number of hydrogen-bond acceptors (Lipinski definition) is 8. The zero-order chi connectivity index (χ0) is 29.2. The fourth-order valence-corrected chi connectivity index (χ4v) is 11.3. The van der Waals surface area contributed by atoms with Gasteiger partial charge in [-0.3, -0.25) is 9.59 Å². The molecule has 0 fully saturated rings. The van der Waals surface area contributed by atoms with Crippen LogP contribution in [-0.2, 0) is 25.2 Å². The van der Waals surface area contributed by atoms with Crippen molar-refractivity contribution in [1.82, 2.24) is 9.99 Å². The number of hydrazine groups is 1. The number of nitrogen functional groups attached to an aromatic ring is 1. The number of benzene rings is 1. The van der Waals surface area contributed by atoms with Crippen molar-refractivity contribution in [2.75, 3.05) is 12.3 Å². The quantitative estimate of drug-likeness (QED) is 0.192. The first-order valence-electron chi connectivity index (χ1n) is 11.8. The predicted octanol–water partition coefficient (Wildman–Crippen LogP) is 4.55. The SMILES string of the molecule is CC(C)[Si](OCC(=O)N(N)C(=O)c1ncc(S(=O)(=O)c2ccc(C(F)(F)F)cc2)cc1N)(C(C)C)C(C)C. The average molecular weight is 575 g/mol. The fraction of sp³-hybridized carbons (Fsp3) is 0.458. The number of pyridine rings is 1. The Labute approximate surface area is 221 Å². The summed E-state index contributed by atoms with van der Waals surface area (Å²) < 4.78 is 70.3. The predicted molar refractivity (Wildman–Crippen MR) is 138 cm³/mol. The Morgan fingerprint density at radius 1 is 1.00 bits per heavy atom. The summed E-state index contributed by atoms with van der Waals surface area (Å²) in [6, 6.07) is 3.81. The molecule has 1 aromatic carbocycles. The molecule has 2 rings (SSSR count). The molecule has 0 saturated heterocycles. The molecule has 0 saturated carbocycles. The van der Waals surface area contributed by atoms with E-state index in [4.69, 9.17) is 16.0 Å². The standard InChI is InChI=1S/C24H33F3N4O5SSi/c1-14(2)38(15(3)4,16(5)6)36-13-21(32)31(29)23(33)22-20(28)11-19(12-30-22)37(34,35)18-9-7-17(8-10-18)24(25,26)27/h7-12,14-16H,13,28-29H2,1-6H3. The molecular formula is C24H33F3N4O5SSi. The average Bonchev–Trinajstić information content (AvgIpc) is 2.82. The lowest BCUT2D eigenvalue weighted by Crippen LogP contribution is -2.52. The Kier molecular flexibility index (Phi) is 9.52. The molecule has 210 valence electrons. The number of carbonyl (C=O) groups is 2. The van der Waals surface area contributed by atoms with Crippen molar-refractivity contribution >= 4 is 35.7 Å². The van der Waals surface area contributed by atoms with E-state index in [1.165, 1.54) is 0 Å². The van der Waals surface area contributed by atoms with Crippen molar-refractivity contribution in [3.05, 3.63) is 47.8 Å². The molecule has 0 aliphatic heterocycles. The lowest BCUT2D eigenvalue weighted by Gasteiger charge is -2.42. The van der Waals surface area contributed by atoms with Gasteiger partial charge in [0.2, 0.25) is 18.2 Å². The van der Waals surface area contributed by atoms with Crippen molar-refractivity contribution in [3.63, 3.8) is 0 Å². The summed E-state index contributed by atoms with van der Waals surface area (Å²) in [5, 5.41) is 0.322. The van der Waals surface area contributed by atoms with Crippen LogP contribution in [0.3, 0.4) is 0 Å². The lowest BCUT2D eigenvalue weighted by molar-refractivity contribution is -0.137. The van der Waals surface area contributed by atoms with E-state index < -0.39 is 63.8 Å². The summed E-state index contributed by atoms with van der Waals surface area (Å²) in [6.07, 6.45) is -3.81. The second-order valence-corrected chi connectivity index (χ2v) is 17.2. The highest BCUT2D eigenvalue weighted by Gasteiger charge is 2.45. The number of alkyl halides is 3. The Bertz CT molecular complexity index is 1260. The molecule has 0 spiro atoms. The van der Waals surface area contributed by atoms with E-state index in [1.54, 1.807) is 0 Å². The van der Waals surface area contributed by atoms with Crippen LogP contribution in [-0.4, -0.2) is 45.1 Å². The van der Waals surface area contributed by atoms with Crippen molar-refractivity contribution < 1.29 is 35.6 Å². The molecule has 4 N–H and O–H groups in total. The molecule has 14 heteroatoms. The number of rotatable bonds is 9. The first-order chi connectivity index (χ1) is 17.4. The van der Waals surface area contributed by atoms with Crippen LogP contribution in [0.1, 0.15) is 57.6 Å². The largest absolute Gasteiger partial charge is 0.416 e. The highest BCUT2D eigenvalue weighted by Crippen LogP contribution is 2.42. The van der Waals surface area contributed by atoms with Gasteiger partial charge in [0.15, 0.2) is 5.69 Å². The Hall–Kier alpha value is -2.81. The highest BCUT2D eigenvalue weighted by atomic mass is 32.2. The van der Waals surface area contributed by atoms with Gasteiger partial charge in [0, 0.05) is 6.20 Å². The Morgan fingerprint density at radius 3 is 1.92 bits per heavy atom. The van der Waals surface area contributed by atoms with Crippen LogP contribution in [0, 0.1) is 0 Å². The third-order valence-corrected chi connectivity index (χ3v) is 14.3. The number of imide groups is 1. The lowest BCUT2D eigenvalue weighted by atomic mass is 10.2. The maximum atomic E-state index is 12.9. The van der Waals surface area contributed by atoms with Crippen LogP contribution in [0.5, 0.6) is 0 Å². The van der Waals surface area contributed by atoms with Crippen molar-refractivity contribution in [2.45, 2.75) is 74.1 Å². The van der Waals surface area contributed by atoms with Gasteiger partial charge in [-0.25, -0.2) is 24.3 Å². The van der Waals surface area contributed by atoms with Gasteiger partial charge in [-0.15, -0.1) is 0 Å². The van der Waals surface area contributed by atoms with Crippen molar-refractivity contribution in [2.24, 2.45) is 5.84 Å². The van der Waals surface area contributed by atoms with Gasteiger partial charge in [0.25, 0.3) is 11.8 Å². The molecule has 2 amide bonds. The first-order valence-corrected chi connectivity index (χ1v) is 15.4.